The van der Waals surface area contributed by atoms with Gasteiger partial charge in [-0.25, -0.2) is 0 Å². The third-order valence-electron chi connectivity index (χ3n) is 6.34. The smallest absolute Gasteiger partial charge is 0.243 e. The van der Waals surface area contributed by atoms with Gasteiger partial charge in [-0.2, -0.15) is 0 Å². The molecular formula is C32H40N2O5. The number of rotatable bonds is 15. The van der Waals surface area contributed by atoms with Crippen molar-refractivity contribution in [2.24, 2.45) is 0 Å². The van der Waals surface area contributed by atoms with Crippen LogP contribution in [-0.4, -0.2) is 56.2 Å². The Bertz CT molecular complexity index is 1170. The van der Waals surface area contributed by atoms with Gasteiger partial charge in [0, 0.05) is 26.1 Å². The van der Waals surface area contributed by atoms with Gasteiger partial charge in [-0.05, 0) is 49.1 Å². The molecule has 3 aromatic rings. The molecule has 1 N–H and O–H groups in total. The van der Waals surface area contributed by atoms with Crippen molar-refractivity contribution in [2.75, 3.05) is 27.4 Å². The SMILES string of the molecule is COc1ccc(CC(=O)N(Cc2ccccc2)[C@@H](Cc2ccccc2)C(=O)NCCCOC(C)C)cc1OC. The van der Waals surface area contributed by atoms with Gasteiger partial charge in [0.2, 0.25) is 11.8 Å². The molecule has 0 heterocycles. The molecule has 0 aromatic heterocycles. The molecule has 7 heteroatoms. The van der Waals surface area contributed by atoms with Crippen molar-refractivity contribution in [1.82, 2.24) is 10.2 Å². The first-order valence-electron chi connectivity index (χ1n) is 13.4. The van der Waals surface area contributed by atoms with E-state index in [2.05, 4.69) is 5.32 Å². The van der Waals surface area contributed by atoms with E-state index in [-0.39, 0.29) is 24.3 Å². The number of benzene rings is 3. The number of ether oxygens (including phenoxy) is 3. The van der Waals surface area contributed by atoms with Gasteiger partial charge in [-0.3, -0.25) is 9.59 Å². The number of nitrogens with one attached hydrogen (secondary N) is 1. The van der Waals surface area contributed by atoms with Crippen LogP contribution in [0.3, 0.4) is 0 Å². The minimum absolute atomic E-state index is 0.119. The van der Waals surface area contributed by atoms with Crippen LogP contribution >= 0.6 is 0 Å². The molecule has 3 rings (SSSR count). The zero-order chi connectivity index (χ0) is 28.0. The van der Waals surface area contributed by atoms with Gasteiger partial charge in [0.15, 0.2) is 11.5 Å². The van der Waals surface area contributed by atoms with Crippen LogP contribution in [0.1, 0.15) is 37.0 Å². The molecule has 2 amide bonds. The van der Waals surface area contributed by atoms with E-state index in [0.29, 0.717) is 44.0 Å². The number of nitrogens with zero attached hydrogens (tertiary/aromatic N) is 1. The average molecular weight is 533 g/mol. The lowest BCUT2D eigenvalue weighted by molar-refractivity contribution is -0.140. The second-order valence-electron chi connectivity index (χ2n) is 9.64. The van der Waals surface area contributed by atoms with Gasteiger partial charge in [0.05, 0.1) is 26.7 Å². The summed E-state index contributed by atoms with van der Waals surface area (Å²) in [5.41, 5.74) is 2.72. The lowest BCUT2D eigenvalue weighted by Gasteiger charge is -2.32. The van der Waals surface area contributed by atoms with Crippen molar-refractivity contribution in [2.45, 2.75) is 51.8 Å². The Labute approximate surface area is 232 Å². The molecule has 0 spiro atoms. The fraction of sp³-hybridized carbons (Fsp3) is 0.375. The zero-order valence-corrected chi connectivity index (χ0v) is 23.4. The highest BCUT2D eigenvalue weighted by atomic mass is 16.5. The maximum Gasteiger partial charge on any atom is 0.243 e. The van der Waals surface area contributed by atoms with Crippen LogP contribution in [0.5, 0.6) is 11.5 Å². The quantitative estimate of drug-likeness (QED) is 0.284. The van der Waals surface area contributed by atoms with E-state index in [4.69, 9.17) is 14.2 Å². The van der Waals surface area contributed by atoms with Gasteiger partial charge >= 0.3 is 0 Å². The van der Waals surface area contributed by atoms with Crippen molar-refractivity contribution in [3.63, 3.8) is 0 Å². The van der Waals surface area contributed by atoms with Crippen LogP contribution in [0, 0.1) is 0 Å². The van der Waals surface area contributed by atoms with Gasteiger partial charge in [-0.15, -0.1) is 0 Å². The lowest BCUT2D eigenvalue weighted by atomic mass is 10.0. The topological polar surface area (TPSA) is 77.1 Å². The van der Waals surface area contributed by atoms with Crippen molar-refractivity contribution in [3.05, 3.63) is 95.6 Å². The second-order valence-corrected chi connectivity index (χ2v) is 9.64. The first-order valence-corrected chi connectivity index (χ1v) is 13.4. The third-order valence-corrected chi connectivity index (χ3v) is 6.34. The van der Waals surface area contributed by atoms with Crippen LogP contribution < -0.4 is 14.8 Å². The van der Waals surface area contributed by atoms with Gasteiger partial charge in [0.25, 0.3) is 0 Å². The summed E-state index contributed by atoms with van der Waals surface area (Å²) in [5.74, 6) is 0.822. The molecule has 3 aromatic carbocycles. The number of hydrogen-bond donors (Lipinski definition) is 1. The van der Waals surface area contributed by atoms with E-state index >= 15 is 0 Å². The van der Waals surface area contributed by atoms with Gasteiger partial charge in [-0.1, -0.05) is 66.7 Å². The average Bonchev–Trinajstić information content (AvgIpc) is 2.95. The minimum atomic E-state index is -0.689. The van der Waals surface area contributed by atoms with Crippen LogP contribution in [0.4, 0.5) is 0 Å². The number of hydrogen-bond acceptors (Lipinski definition) is 5. The predicted octanol–water partition coefficient (Wildman–Crippen LogP) is 4.82. The molecule has 0 bridgehead atoms. The number of methoxy groups -OCH3 is 2. The van der Waals surface area contributed by atoms with E-state index < -0.39 is 6.04 Å². The summed E-state index contributed by atoms with van der Waals surface area (Å²) < 4.78 is 16.4. The molecule has 0 aliphatic rings. The predicted molar refractivity (Wildman–Crippen MR) is 153 cm³/mol. The molecule has 0 unspecified atom stereocenters. The van der Waals surface area contributed by atoms with Crippen molar-refractivity contribution in [1.29, 1.82) is 0 Å². The van der Waals surface area contributed by atoms with E-state index in [1.165, 1.54) is 0 Å². The standard InChI is InChI=1S/C32H40N2O5/c1-24(2)39-19-11-18-33-32(36)28(20-25-12-7-5-8-13-25)34(23-26-14-9-6-10-15-26)31(35)22-27-16-17-29(37-3)30(21-27)38-4/h5-10,12-17,21,24,28H,11,18-20,22-23H2,1-4H3,(H,33,36)/t28-/m0/s1. The van der Waals surface area contributed by atoms with Gasteiger partial charge < -0.3 is 24.4 Å². The first-order chi connectivity index (χ1) is 18.9. The summed E-state index contributed by atoms with van der Waals surface area (Å²) in [4.78, 5) is 29.2. The van der Waals surface area contributed by atoms with E-state index in [1.54, 1.807) is 31.3 Å². The highest BCUT2D eigenvalue weighted by molar-refractivity contribution is 5.88. The van der Waals surface area contributed by atoms with Crippen LogP contribution in [-0.2, 0) is 33.7 Å². The van der Waals surface area contributed by atoms with Crippen LogP contribution in [0.25, 0.3) is 0 Å². The van der Waals surface area contributed by atoms with Crippen molar-refractivity contribution in [3.8, 4) is 11.5 Å². The molecule has 0 radical (unpaired) electrons. The lowest BCUT2D eigenvalue weighted by Crippen LogP contribution is -2.51. The second kappa shape index (κ2) is 15.5. The van der Waals surface area contributed by atoms with E-state index in [1.807, 2.05) is 80.6 Å². The molecule has 7 nitrogen and oxygen atoms in total. The molecule has 0 saturated carbocycles. The van der Waals surface area contributed by atoms with Crippen molar-refractivity contribution < 1.29 is 23.8 Å². The minimum Gasteiger partial charge on any atom is -0.493 e. The molecule has 0 fully saturated rings. The Morgan fingerprint density at radius 3 is 2.08 bits per heavy atom. The summed E-state index contributed by atoms with van der Waals surface area (Å²) in [6, 6.07) is 24.3. The maximum atomic E-state index is 13.9. The van der Waals surface area contributed by atoms with Gasteiger partial charge in [0.1, 0.15) is 6.04 Å². The van der Waals surface area contributed by atoms with Crippen molar-refractivity contribution >= 4 is 11.8 Å². The number of carbonyl (C=O) groups excluding carboxylic acids is 2. The number of carbonyl (C=O) groups is 2. The summed E-state index contributed by atoms with van der Waals surface area (Å²) in [7, 11) is 3.14. The fourth-order valence-corrected chi connectivity index (χ4v) is 4.32. The Kier molecular flexibility index (Phi) is 11.8. The number of amides is 2. The normalized spacial score (nSPS) is 11.6. The zero-order valence-electron chi connectivity index (χ0n) is 23.4. The first kappa shape index (κ1) is 29.7. The molecule has 0 aliphatic heterocycles. The Morgan fingerprint density at radius 2 is 1.46 bits per heavy atom. The summed E-state index contributed by atoms with van der Waals surface area (Å²) in [6.45, 7) is 5.32. The molecule has 208 valence electrons. The molecular weight excluding hydrogens is 492 g/mol. The van der Waals surface area contributed by atoms with E-state index in [9.17, 15) is 9.59 Å². The largest absolute Gasteiger partial charge is 0.493 e. The fourth-order valence-electron chi connectivity index (χ4n) is 4.32. The van der Waals surface area contributed by atoms with E-state index in [0.717, 1.165) is 16.7 Å². The molecule has 0 aliphatic carbocycles. The summed E-state index contributed by atoms with van der Waals surface area (Å²) in [6.07, 6.45) is 1.36. The Balaban J connectivity index is 1.88. The molecule has 1 atom stereocenters. The third kappa shape index (κ3) is 9.45. The summed E-state index contributed by atoms with van der Waals surface area (Å²) in [5, 5.41) is 3.05. The summed E-state index contributed by atoms with van der Waals surface area (Å²) >= 11 is 0. The molecule has 39 heavy (non-hydrogen) atoms. The maximum absolute atomic E-state index is 13.9. The van der Waals surface area contributed by atoms with Crippen LogP contribution in [0.2, 0.25) is 0 Å². The Morgan fingerprint density at radius 1 is 0.821 bits per heavy atom. The highest BCUT2D eigenvalue weighted by Crippen LogP contribution is 2.28. The molecule has 0 saturated heterocycles. The monoisotopic (exact) mass is 532 g/mol. The highest BCUT2D eigenvalue weighted by Gasteiger charge is 2.30. The Hall–Kier alpha value is -3.84. The van der Waals surface area contributed by atoms with Crippen LogP contribution in [0.15, 0.2) is 78.9 Å².